The molecule has 5 nitrogen and oxygen atoms in total. The van der Waals surface area contributed by atoms with Crippen LogP contribution >= 0.6 is 0 Å². The molecule has 1 fully saturated rings. The Bertz CT molecular complexity index is 473. The largest absolute Gasteiger partial charge is 0.481 e. The highest BCUT2D eigenvalue weighted by atomic mass is 16.5. The molecular weight excluding hydrogens is 230 g/mol. The lowest BCUT2D eigenvalue weighted by Gasteiger charge is -2.39. The maximum absolute atomic E-state index is 11.7. The van der Waals surface area contributed by atoms with Crippen molar-refractivity contribution in [3.8, 4) is 5.88 Å². The zero-order valence-electron chi connectivity index (χ0n) is 12.0. The average molecular weight is 250 g/mol. The van der Waals surface area contributed by atoms with Gasteiger partial charge in [0.05, 0.1) is 14.4 Å². The van der Waals surface area contributed by atoms with Crippen molar-refractivity contribution in [1.82, 2.24) is 14.8 Å². The maximum Gasteiger partial charge on any atom is 0.227 e. The van der Waals surface area contributed by atoms with Crippen LogP contribution in [0.15, 0.2) is 18.3 Å². The predicted molar refractivity (Wildman–Crippen MR) is 68.3 cm³/mol. The van der Waals surface area contributed by atoms with Gasteiger partial charge in [0.15, 0.2) is 0 Å². The van der Waals surface area contributed by atoms with E-state index in [-0.39, 0.29) is 18.0 Å². The number of likely N-dealkylation sites (tertiary alicyclic amines) is 1. The molecule has 0 N–H and O–H groups in total. The van der Waals surface area contributed by atoms with Gasteiger partial charge in [0.2, 0.25) is 11.8 Å². The van der Waals surface area contributed by atoms with E-state index in [0.717, 1.165) is 18.7 Å². The van der Waals surface area contributed by atoms with Crippen LogP contribution in [-0.2, 0) is 11.3 Å². The van der Waals surface area contributed by atoms with Crippen LogP contribution in [0.2, 0.25) is 0 Å². The Morgan fingerprint density at radius 1 is 1.67 bits per heavy atom. The molecule has 1 aliphatic heterocycles. The third kappa shape index (κ3) is 2.61. The van der Waals surface area contributed by atoms with Crippen molar-refractivity contribution in [2.45, 2.75) is 6.54 Å². The summed E-state index contributed by atoms with van der Waals surface area (Å²) in [5, 5.41) is 0. The molecule has 0 bridgehead atoms. The third-order valence-corrected chi connectivity index (χ3v) is 3.13. The van der Waals surface area contributed by atoms with Crippen molar-refractivity contribution in [2.75, 3.05) is 34.3 Å². The van der Waals surface area contributed by atoms with Crippen molar-refractivity contribution < 1.29 is 10.9 Å². The van der Waals surface area contributed by atoms with E-state index in [0.29, 0.717) is 12.4 Å². The Labute approximate surface area is 109 Å². The zero-order chi connectivity index (χ0) is 14.0. The minimum Gasteiger partial charge on any atom is -0.481 e. The van der Waals surface area contributed by atoms with E-state index in [2.05, 4.69) is 9.88 Å². The predicted octanol–water partition coefficient (Wildman–Crippen LogP) is 0.610. The molecule has 0 aromatic carbocycles. The average Bonchev–Trinajstić information content (AvgIpc) is 2.33. The molecule has 18 heavy (non-hydrogen) atoms. The molecule has 1 aromatic heterocycles. The first kappa shape index (κ1) is 11.5. The Morgan fingerprint density at radius 3 is 3.00 bits per heavy atom. The van der Waals surface area contributed by atoms with Gasteiger partial charge < -0.3 is 9.64 Å². The van der Waals surface area contributed by atoms with Gasteiger partial charge in [-0.3, -0.25) is 9.69 Å². The molecule has 0 unspecified atom stereocenters. The van der Waals surface area contributed by atoms with Gasteiger partial charge in [-0.25, -0.2) is 4.98 Å². The molecule has 0 spiro atoms. The standard InChI is InChI=1S/C13H19N3O2/c1-15(2)13(17)11-8-16(9-11)7-10-5-4-6-14-12(10)18-3/h4-6,11H,7-9H2,1-3H3/i6D. The lowest BCUT2D eigenvalue weighted by Crippen LogP contribution is -2.52. The Kier molecular flexibility index (Phi) is 3.41. The summed E-state index contributed by atoms with van der Waals surface area (Å²) in [5.41, 5.74) is 0.953. The molecule has 1 saturated heterocycles. The smallest absolute Gasteiger partial charge is 0.227 e. The lowest BCUT2D eigenvalue weighted by molar-refractivity contribution is -0.138. The minimum atomic E-state index is 0.101. The molecule has 0 aliphatic carbocycles. The Morgan fingerprint density at radius 2 is 2.39 bits per heavy atom. The van der Waals surface area contributed by atoms with Gasteiger partial charge in [0.25, 0.3) is 0 Å². The topological polar surface area (TPSA) is 45.7 Å². The summed E-state index contributed by atoms with van der Waals surface area (Å²) in [6.45, 7) is 2.24. The normalized spacial score (nSPS) is 16.9. The number of pyridine rings is 1. The van der Waals surface area contributed by atoms with Crippen molar-refractivity contribution in [3.63, 3.8) is 0 Å². The summed E-state index contributed by atoms with van der Waals surface area (Å²) >= 11 is 0. The van der Waals surface area contributed by atoms with Crippen molar-refractivity contribution in [3.05, 3.63) is 23.9 Å². The number of amides is 1. The number of rotatable bonds is 4. The van der Waals surface area contributed by atoms with Gasteiger partial charge in [-0.2, -0.15) is 0 Å². The van der Waals surface area contributed by atoms with Gasteiger partial charge in [-0.1, -0.05) is 6.07 Å². The van der Waals surface area contributed by atoms with Crippen LogP contribution in [0.25, 0.3) is 0 Å². The van der Waals surface area contributed by atoms with E-state index in [9.17, 15) is 4.79 Å². The molecule has 2 heterocycles. The third-order valence-electron chi connectivity index (χ3n) is 3.13. The van der Waals surface area contributed by atoms with Crippen molar-refractivity contribution in [1.29, 1.82) is 0 Å². The van der Waals surface area contributed by atoms with Gasteiger partial charge >= 0.3 is 0 Å². The van der Waals surface area contributed by atoms with Gasteiger partial charge in [-0.15, -0.1) is 0 Å². The van der Waals surface area contributed by atoms with E-state index >= 15 is 0 Å². The van der Waals surface area contributed by atoms with Crippen LogP contribution in [0.5, 0.6) is 5.88 Å². The molecule has 0 radical (unpaired) electrons. The van der Waals surface area contributed by atoms with Gasteiger partial charge in [0.1, 0.15) is 0 Å². The molecule has 0 atom stereocenters. The van der Waals surface area contributed by atoms with Crippen LogP contribution in [0.1, 0.15) is 6.93 Å². The highest BCUT2D eigenvalue weighted by Crippen LogP contribution is 2.23. The summed E-state index contributed by atoms with van der Waals surface area (Å²) in [6, 6.07) is 3.51. The molecule has 2 rings (SSSR count). The second kappa shape index (κ2) is 5.35. The first-order valence-corrected chi connectivity index (χ1v) is 5.95. The zero-order valence-corrected chi connectivity index (χ0v) is 11.0. The second-order valence-electron chi connectivity index (χ2n) is 4.73. The Hall–Kier alpha value is -1.62. The van der Waals surface area contributed by atoms with Crippen molar-refractivity contribution >= 4 is 5.91 Å². The number of aromatic nitrogens is 1. The molecule has 5 heteroatoms. The summed E-state index contributed by atoms with van der Waals surface area (Å²) < 4.78 is 12.6. The van der Waals surface area contributed by atoms with Crippen LogP contribution in [0.4, 0.5) is 0 Å². The highest BCUT2D eigenvalue weighted by molar-refractivity contribution is 5.79. The SMILES string of the molecule is [2H]c1ccc(CN2CC(C(=O)N(C)C)C2)c(OC)n1. The Balaban J connectivity index is 1.93. The first-order chi connectivity index (χ1) is 9.01. The van der Waals surface area contributed by atoms with E-state index in [1.807, 2.05) is 6.07 Å². The van der Waals surface area contributed by atoms with E-state index in [1.54, 1.807) is 32.2 Å². The van der Waals surface area contributed by atoms with Crippen LogP contribution in [0, 0.1) is 5.92 Å². The molecule has 98 valence electrons. The monoisotopic (exact) mass is 250 g/mol. The summed E-state index contributed by atoms with van der Waals surface area (Å²) in [6.07, 6.45) is 0.199. The number of carbonyl (C=O) groups is 1. The van der Waals surface area contributed by atoms with E-state index < -0.39 is 0 Å². The first-order valence-electron chi connectivity index (χ1n) is 6.45. The van der Waals surface area contributed by atoms with Crippen LogP contribution in [0.3, 0.4) is 0 Å². The number of nitrogens with zero attached hydrogens (tertiary/aromatic N) is 3. The second-order valence-corrected chi connectivity index (χ2v) is 4.73. The summed E-state index contributed by atoms with van der Waals surface area (Å²) in [7, 11) is 5.12. The molecule has 1 amide bonds. The molecule has 0 saturated carbocycles. The number of methoxy groups -OCH3 is 1. The summed E-state index contributed by atoms with van der Waals surface area (Å²) in [5.74, 6) is 0.780. The number of ether oxygens (including phenoxy) is 1. The van der Waals surface area contributed by atoms with E-state index in [4.69, 9.17) is 6.11 Å². The van der Waals surface area contributed by atoms with Crippen LogP contribution in [-0.4, -0.2) is 55.0 Å². The van der Waals surface area contributed by atoms with Crippen molar-refractivity contribution in [2.24, 2.45) is 5.92 Å². The van der Waals surface area contributed by atoms with Gasteiger partial charge in [-0.05, 0) is 6.07 Å². The number of hydrogen-bond donors (Lipinski definition) is 0. The molecular formula is C13H19N3O2. The fraction of sp³-hybridized carbons (Fsp3) is 0.538. The lowest BCUT2D eigenvalue weighted by atomic mass is 9.98. The van der Waals surface area contributed by atoms with E-state index in [1.165, 1.54) is 0 Å². The fourth-order valence-corrected chi connectivity index (χ4v) is 2.14. The number of carbonyl (C=O) groups excluding carboxylic acids is 1. The minimum absolute atomic E-state index is 0.101. The maximum atomic E-state index is 11.7. The quantitative estimate of drug-likeness (QED) is 0.785. The van der Waals surface area contributed by atoms with Crippen LogP contribution < -0.4 is 4.74 Å². The molecule has 1 aliphatic rings. The summed E-state index contributed by atoms with van der Waals surface area (Å²) in [4.78, 5) is 19.6. The highest BCUT2D eigenvalue weighted by Gasteiger charge is 2.33. The molecule has 1 aromatic rings. The number of hydrogen-bond acceptors (Lipinski definition) is 4. The van der Waals surface area contributed by atoms with Gasteiger partial charge in [0, 0.05) is 45.5 Å². The fourth-order valence-electron chi connectivity index (χ4n) is 2.14.